The lowest BCUT2D eigenvalue weighted by atomic mass is 10.1. The Labute approximate surface area is 159 Å². The van der Waals surface area contributed by atoms with Crippen LogP contribution in [-0.2, 0) is 0 Å². The van der Waals surface area contributed by atoms with Gasteiger partial charge in [0.25, 0.3) is 5.56 Å². The van der Waals surface area contributed by atoms with E-state index in [4.69, 9.17) is 4.74 Å². The Hall–Kier alpha value is -3.25. The molecule has 6 heteroatoms. The molecule has 0 fully saturated rings. The van der Waals surface area contributed by atoms with Crippen molar-refractivity contribution in [1.29, 1.82) is 0 Å². The van der Waals surface area contributed by atoms with Crippen LogP contribution in [0.5, 0.6) is 5.75 Å². The Bertz CT molecular complexity index is 1240. The fourth-order valence-corrected chi connectivity index (χ4v) is 3.58. The summed E-state index contributed by atoms with van der Waals surface area (Å²) in [5, 5.41) is 4.37. The van der Waals surface area contributed by atoms with Crippen LogP contribution in [0.1, 0.15) is 11.1 Å². The minimum atomic E-state index is -0.162. The van der Waals surface area contributed by atoms with Gasteiger partial charge in [-0.3, -0.25) is 4.79 Å². The highest BCUT2D eigenvalue weighted by molar-refractivity contribution is 7.15. The molecule has 0 aliphatic heterocycles. The van der Waals surface area contributed by atoms with Gasteiger partial charge in [0.1, 0.15) is 5.75 Å². The number of hydrogen-bond acceptors (Lipinski definition) is 5. The number of ether oxygens (including phenoxy) is 1. The minimum Gasteiger partial charge on any atom is -0.496 e. The Morgan fingerprint density at radius 3 is 2.63 bits per heavy atom. The van der Waals surface area contributed by atoms with Crippen molar-refractivity contribution in [1.82, 2.24) is 14.6 Å². The molecule has 134 valence electrons. The summed E-state index contributed by atoms with van der Waals surface area (Å²) in [7, 11) is 1.64. The molecule has 0 N–H and O–H groups in total. The second kappa shape index (κ2) is 7.17. The normalized spacial score (nSPS) is 12.3. The fraction of sp³-hybridized carbons (Fsp3) is 0.0952. The van der Waals surface area contributed by atoms with Gasteiger partial charge in [0.2, 0.25) is 4.96 Å². The molecule has 4 rings (SSSR count). The van der Waals surface area contributed by atoms with Gasteiger partial charge in [0.05, 0.1) is 11.6 Å². The molecule has 4 aromatic rings. The van der Waals surface area contributed by atoms with Crippen LogP contribution in [0.25, 0.3) is 28.5 Å². The van der Waals surface area contributed by atoms with E-state index in [1.807, 2.05) is 67.6 Å². The maximum atomic E-state index is 12.6. The van der Waals surface area contributed by atoms with Gasteiger partial charge in [-0.25, -0.2) is 0 Å². The van der Waals surface area contributed by atoms with Crippen LogP contribution in [0.15, 0.2) is 59.4 Å². The second-order valence-corrected chi connectivity index (χ2v) is 7.04. The summed E-state index contributed by atoms with van der Waals surface area (Å²) in [5.41, 5.74) is 2.86. The predicted octanol–water partition coefficient (Wildman–Crippen LogP) is 3.35. The zero-order valence-corrected chi connectivity index (χ0v) is 15.7. The van der Waals surface area contributed by atoms with Gasteiger partial charge in [-0.15, -0.1) is 5.10 Å². The third-order valence-electron chi connectivity index (χ3n) is 4.15. The lowest BCUT2D eigenvalue weighted by Crippen LogP contribution is -2.23. The van der Waals surface area contributed by atoms with E-state index in [2.05, 4.69) is 10.1 Å². The molecule has 2 aromatic heterocycles. The Morgan fingerprint density at radius 2 is 1.89 bits per heavy atom. The maximum absolute atomic E-state index is 12.6. The fourth-order valence-electron chi connectivity index (χ4n) is 2.72. The Morgan fingerprint density at radius 1 is 1.11 bits per heavy atom. The number of para-hydroxylation sites is 1. The molecule has 2 heterocycles. The van der Waals surface area contributed by atoms with Crippen molar-refractivity contribution in [2.75, 3.05) is 7.11 Å². The Kier molecular flexibility index (Phi) is 4.56. The van der Waals surface area contributed by atoms with Crippen molar-refractivity contribution in [2.45, 2.75) is 6.92 Å². The molecule has 0 atom stereocenters. The lowest BCUT2D eigenvalue weighted by Gasteiger charge is -2.02. The molecule has 0 bridgehead atoms. The van der Waals surface area contributed by atoms with E-state index >= 15 is 0 Å². The van der Waals surface area contributed by atoms with E-state index in [0.29, 0.717) is 15.3 Å². The zero-order chi connectivity index (χ0) is 18.8. The molecule has 0 spiro atoms. The van der Waals surface area contributed by atoms with Crippen LogP contribution in [0, 0.1) is 6.92 Å². The first-order valence-electron chi connectivity index (χ1n) is 8.44. The van der Waals surface area contributed by atoms with E-state index in [-0.39, 0.29) is 5.56 Å². The molecular weight excluding hydrogens is 358 g/mol. The summed E-state index contributed by atoms with van der Waals surface area (Å²) >= 11 is 1.33. The highest BCUT2D eigenvalue weighted by Crippen LogP contribution is 2.19. The molecule has 0 aliphatic rings. The van der Waals surface area contributed by atoms with Crippen LogP contribution in [0.4, 0.5) is 0 Å². The van der Waals surface area contributed by atoms with Gasteiger partial charge in [-0.1, -0.05) is 71.5 Å². The summed E-state index contributed by atoms with van der Waals surface area (Å²) in [6, 6.07) is 15.6. The predicted molar refractivity (Wildman–Crippen MR) is 109 cm³/mol. The molecule has 27 heavy (non-hydrogen) atoms. The van der Waals surface area contributed by atoms with Gasteiger partial charge in [-0.2, -0.15) is 9.50 Å². The lowest BCUT2D eigenvalue weighted by molar-refractivity contribution is 0.414. The number of fused-ring (bicyclic) bond motifs is 1. The average molecular weight is 375 g/mol. The molecule has 0 saturated carbocycles. The number of aromatic nitrogens is 3. The van der Waals surface area contributed by atoms with Crippen LogP contribution in [-0.4, -0.2) is 21.7 Å². The van der Waals surface area contributed by atoms with Crippen molar-refractivity contribution in [3.05, 3.63) is 80.6 Å². The highest BCUT2D eigenvalue weighted by atomic mass is 32.1. The highest BCUT2D eigenvalue weighted by Gasteiger charge is 2.11. The van der Waals surface area contributed by atoms with E-state index in [9.17, 15) is 4.79 Å². The zero-order valence-electron chi connectivity index (χ0n) is 14.9. The van der Waals surface area contributed by atoms with Gasteiger partial charge in [0, 0.05) is 11.1 Å². The third-order valence-corrected chi connectivity index (χ3v) is 5.13. The second-order valence-electron chi connectivity index (χ2n) is 6.04. The topological polar surface area (TPSA) is 56.5 Å². The van der Waals surface area contributed by atoms with Crippen LogP contribution in [0.3, 0.4) is 0 Å². The monoisotopic (exact) mass is 375 g/mol. The number of hydrogen-bond donors (Lipinski definition) is 0. The summed E-state index contributed by atoms with van der Waals surface area (Å²) in [6.45, 7) is 2.03. The van der Waals surface area contributed by atoms with Crippen molar-refractivity contribution in [3.63, 3.8) is 0 Å². The van der Waals surface area contributed by atoms with Crippen molar-refractivity contribution in [2.24, 2.45) is 0 Å². The van der Waals surface area contributed by atoms with E-state index in [1.165, 1.54) is 21.4 Å². The number of thiazole rings is 1. The Balaban J connectivity index is 1.67. The standard InChI is InChI=1S/C21H17N3O2S/c1-14-10-12-16(13-11-14)19-22-21-24(23-19)20(25)18(27-21)9-5-7-15-6-3-4-8-17(15)26-2/h3-13H,1-2H3/b7-5+,18-9+. The summed E-state index contributed by atoms with van der Waals surface area (Å²) in [4.78, 5) is 17.7. The van der Waals surface area contributed by atoms with E-state index in [1.54, 1.807) is 13.2 Å². The summed E-state index contributed by atoms with van der Waals surface area (Å²) < 4.78 is 7.27. The van der Waals surface area contributed by atoms with Gasteiger partial charge < -0.3 is 4.74 Å². The number of allylic oxidation sites excluding steroid dienone is 1. The molecule has 5 nitrogen and oxygen atoms in total. The van der Waals surface area contributed by atoms with Crippen molar-refractivity contribution >= 4 is 28.4 Å². The molecule has 0 saturated heterocycles. The van der Waals surface area contributed by atoms with Crippen LogP contribution in [0.2, 0.25) is 0 Å². The number of aryl methyl sites for hydroxylation is 1. The quantitative estimate of drug-likeness (QED) is 0.549. The molecule has 0 aliphatic carbocycles. The summed E-state index contributed by atoms with van der Waals surface area (Å²) in [5.74, 6) is 1.35. The number of rotatable bonds is 4. The van der Waals surface area contributed by atoms with Crippen molar-refractivity contribution in [3.8, 4) is 17.1 Å². The molecule has 0 amide bonds. The number of benzene rings is 2. The molecular formula is C21H17N3O2S. The van der Waals surface area contributed by atoms with Gasteiger partial charge in [0.15, 0.2) is 5.82 Å². The summed E-state index contributed by atoms with van der Waals surface area (Å²) in [6.07, 6.45) is 5.53. The first kappa shape index (κ1) is 17.2. The van der Waals surface area contributed by atoms with Crippen LogP contribution >= 0.6 is 11.3 Å². The smallest absolute Gasteiger partial charge is 0.291 e. The van der Waals surface area contributed by atoms with Gasteiger partial charge >= 0.3 is 0 Å². The number of methoxy groups -OCH3 is 1. The molecule has 2 aromatic carbocycles. The molecule has 0 radical (unpaired) electrons. The van der Waals surface area contributed by atoms with Crippen molar-refractivity contribution < 1.29 is 4.74 Å². The van der Waals surface area contributed by atoms with Crippen LogP contribution < -0.4 is 14.8 Å². The SMILES string of the molecule is COc1ccccc1/C=C/C=c1/sc2nc(-c3ccc(C)cc3)nn2c1=O. The van der Waals surface area contributed by atoms with Gasteiger partial charge in [-0.05, 0) is 19.1 Å². The van der Waals surface area contributed by atoms with E-state index in [0.717, 1.165) is 16.9 Å². The maximum Gasteiger partial charge on any atom is 0.291 e. The largest absolute Gasteiger partial charge is 0.496 e. The number of nitrogens with zero attached hydrogens (tertiary/aromatic N) is 3. The third kappa shape index (κ3) is 3.39. The van der Waals surface area contributed by atoms with E-state index < -0.39 is 0 Å². The molecule has 0 unspecified atom stereocenters. The first-order chi connectivity index (χ1) is 13.2. The average Bonchev–Trinajstić information content (AvgIpc) is 3.22. The first-order valence-corrected chi connectivity index (χ1v) is 9.25. The minimum absolute atomic E-state index is 0.162.